The van der Waals surface area contributed by atoms with Crippen LogP contribution in [0, 0.1) is 19.8 Å². The standard InChI is InChI=1S/C16H27N3O2/c1-10(9-13-11(2)17-18-12(13)3)15(20)19-8-6-7-14(19)16(4,5)21/h10,14,21H,6-9H2,1-5H3,(H,17,18)/t10-,14-/m1/s1. The summed E-state index contributed by atoms with van der Waals surface area (Å²) in [5, 5.41) is 17.4. The van der Waals surface area contributed by atoms with Gasteiger partial charge in [0.05, 0.1) is 17.3 Å². The lowest BCUT2D eigenvalue weighted by Crippen LogP contribution is -2.49. The van der Waals surface area contributed by atoms with Gasteiger partial charge in [0.15, 0.2) is 0 Å². The molecule has 0 spiro atoms. The van der Waals surface area contributed by atoms with Gasteiger partial charge in [-0.2, -0.15) is 5.10 Å². The molecule has 1 aliphatic heterocycles. The number of hydrogen-bond donors (Lipinski definition) is 2. The number of carbonyl (C=O) groups is 1. The summed E-state index contributed by atoms with van der Waals surface area (Å²) in [4.78, 5) is 14.6. The van der Waals surface area contributed by atoms with Crippen LogP contribution < -0.4 is 0 Å². The third kappa shape index (κ3) is 3.28. The minimum Gasteiger partial charge on any atom is -0.388 e. The fourth-order valence-electron chi connectivity index (χ4n) is 3.32. The quantitative estimate of drug-likeness (QED) is 0.891. The van der Waals surface area contributed by atoms with Crippen LogP contribution in [-0.2, 0) is 11.2 Å². The van der Waals surface area contributed by atoms with Crippen LogP contribution in [0.2, 0.25) is 0 Å². The molecule has 1 aromatic heterocycles. The molecule has 0 saturated carbocycles. The van der Waals surface area contributed by atoms with Gasteiger partial charge in [0.25, 0.3) is 0 Å². The van der Waals surface area contributed by atoms with Gasteiger partial charge in [-0.15, -0.1) is 0 Å². The van der Waals surface area contributed by atoms with E-state index in [0.717, 1.165) is 36.3 Å². The molecule has 5 heteroatoms. The topological polar surface area (TPSA) is 69.2 Å². The van der Waals surface area contributed by atoms with Crippen LogP contribution in [0.15, 0.2) is 0 Å². The van der Waals surface area contributed by atoms with Crippen LogP contribution in [0.5, 0.6) is 0 Å². The van der Waals surface area contributed by atoms with E-state index >= 15 is 0 Å². The number of nitrogens with one attached hydrogen (secondary N) is 1. The van der Waals surface area contributed by atoms with Crippen molar-refractivity contribution in [3.63, 3.8) is 0 Å². The first-order chi connectivity index (χ1) is 9.71. The van der Waals surface area contributed by atoms with Crippen molar-refractivity contribution in [2.45, 2.75) is 65.5 Å². The Hall–Kier alpha value is -1.36. The van der Waals surface area contributed by atoms with Crippen molar-refractivity contribution in [3.8, 4) is 0 Å². The number of rotatable bonds is 4. The molecular formula is C16H27N3O2. The molecular weight excluding hydrogens is 266 g/mol. The van der Waals surface area contributed by atoms with E-state index < -0.39 is 5.60 Å². The lowest BCUT2D eigenvalue weighted by atomic mass is 9.94. The first kappa shape index (κ1) is 16.0. The maximum atomic E-state index is 12.7. The average Bonchev–Trinajstić information content (AvgIpc) is 2.99. The molecule has 2 rings (SSSR count). The van der Waals surface area contributed by atoms with Gasteiger partial charge in [-0.25, -0.2) is 0 Å². The van der Waals surface area contributed by atoms with E-state index in [1.54, 1.807) is 13.8 Å². The van der Waals surface area contributed by atoms with Gasteiger partial charge in [0.1, 0.15) is 0 Å². The molecule has 2 N–H and O–H groups in total. The van der Waals surface area contributed by atoms with E-state index in [4.69, 9.17) is 0 Å². The lowest BCUT2D eigenvalue weighted by Gasteiger charge is -2.35. The molecule has 0 aromatic carbocycles. The highest BCUT2D eigenvalue weighted by Gasteiger charge is 2.39. The molecule has 1 amide bonds. The summed E-state index contributed by atoms with van der Waals surface area (Å²) in [6.45, 7) is 10.2. The number of likely N-dealkylation sites (tertiary alicyclic amines) is 1. The molecule has 21 heavy (non-hydrogen) atoms. The molecule has 0 aliphatic carbocycles. The van der Waals surface area contributed by atoms with Gasteiger partial charge in [-0.3, -0.25) is 9.89 Å². The zero-order chi connectivity index (χ0) is 15.8. The summed E-state index contributed by atoms with van der Waals surface area (Å²) in [5.74, 6) is 0.0441. The Morgan fingerprint density at radius 1 is 1.52 bits per heavy atom. The number of aromatic amines is 1. The fraction of sp³-hybridized carbons (Fsp3) is 0.750. The average molecular weight is 293 g/mol. The van der Waals surface area contributed by atoms with Crippen molar-refractivity contribution in [1.29, 1.82) is 0 Å². The Morgan fingerprint density at radius 2 is 2.19 bits per heavy atom. The summed E-state index contributed by atoms with van der Waals surface area (Å²) in [7, 11) is 0. The Bertz CT molecular complexity index is 497. The second kappa shape index (κ2) is 5.79. The molecule has 0 radical (unpaired) electrons. The van der Waals surface area contributed by atoms with Gasteiger partial charge in [-0.1, -0.05) is 6.92 Å². The summed E-state index contributed by atoms with van der Waals surface area (Å²) in [5.41, 5.74) is 2.29. The lowest BCUT2D eigenvalue weighted by molar-refractivity contribution is -0.140. The van der Waals surface area contributed by atoms with Gasteiger partial charge in [0.2, 0.25) is 5.91 Å². The molecule has 118 valence electrons. The van der Waals surface area contributed by atoms with E-state index in [-0.39, 0.29) is 17.9 Å². The minimum atomic E-state index is -0.840. The van der Waals surface area contributed by atoms with Gasteiger partial charge >= 0.3 is 0 Å². The minimum absolute atomic E-state index is 0.0704. The first-order valence-corrected chi connectivity index (χ1v) is 7.75. The number of aliphatic hydroxyl groups is 1. The van der Waals surface area contributed by atoms with Crippen molar-refractivity contribution in [2.75, 3.05) is 6.54 Å². The molecule has 1 saturated heterocycles. The summed E-state index contributed by atoms with van der Waals surface area (Å²) >= 11 is 0. The normalized spacial score (nSPS) is 20.9. The third-order valence-electron chi connectivity index (χ3n) is 4.56. The molecule has 1 aliphatic rings. The number of hydrogen-bond acceptors (Lipinski definition) is 3. The molecule has 1 fully saturated rings. The molecule has 0 bridgehead atoms. The van der Waals surface area contributed by atoms with Crippen molar-refractivity contribution >= 4 is 5.91 Å². The monoisotopic (exact) mass is 293 g/mol. The molecule has 1 aromatic rings. The zero-order valence-electron chi connectivity index (χ0n) is 13.7. The van der Waals surface area contributed by atoms with E-state index in [2.05, 4.69) is 10.2 Å². The molecule has 2 heterocycles. The SMILES string of the molecule is Cc1n[nH]c(C)c1C[C@@H](C)C(=O)N1CCC[C@@H]1C(C)(C)O. The highest BCUT2D eigenvalue weighted by atomic mass is 16.3. The van der Waals surface area contributed by atoms with Crippen molar-refractivity contribution in [1.82, 2.24) is 15.1 Å². The maximum absolute atomic E-state index is 12.7. The fourth-order valence-corrected chi connectivity index (χ4v) is 3.32. The number of aryl methyl sites for hydroxylation is 2. The molecule has 2 atom stereocenters. The predicted octanol–water partition coefficient (Wildman–Crippen LogP) is 1.97. The number of carbonyl (C=O) groups excluding carboxylic acids is 1. The van der Waals surface area contributed by atoms with Crippen molar-refractivity contribution in [2.24, 2.45) is 5.92 Å². The maximum Gasteiger partial charge on any atom is 0.226 e. The second-order valence-electron chi connectivity index (χ2n) is 6.86. The first-order valence-electron chi connectivity index (χ1n) is 7.75. The number of H-pyrrole nitrogens is 1. The van der Waals surface area contributed by atoms with Crippen molar-refractivity contribution < 1.29 is 9.90 Å². The van der Waals surface area contributed by atoms with Crippen LogP contribution in [-0.4, -0.2) is 44.3 Å². The summed E-state index contributed by atoms with van der Waals surface area (Å²) in [6.07, 6.45) is 2.55. The zero-order valence-corrected chi connectivity index (χ0v) is 13.7. The number of amides is 1. The van der Waals surface area contributed by atoms with E-state index in [9.17, 15) is 9.90 Å². The van der Waals surface area contributed by atoms with Crippen LogP contribution in [0.3, 0.4) is 0 Å². The Kier molecular flexibility index (Phi) is 4.42. The van der Waals surface area contributed by atoms with Crippen LogP contribution in [0.1, 0.15) is 50.6 Å². The largest absolute Gasteiger partial charge is 0.388 e. The Balaban J connectivity index is 2.09. The van der Waals surface area contributed by atoms with Gasteiger partial charge in [0, 0.05) is 18.2 Å². The van der Waals surface area contributed by atoms with E-state index in [1.807, 2.05) is 25.7 Å². The Labute approximate surface area is 126 Å². The smallest absolute Gasteiger partial charge is 0.226 e. The van der Waals surface area contributed by atoms with Gasteiger partial charge < -0.3 is 10.0 Å². The molecule has 0 unspecified atom stereocenters. The van der Waals surface area contributed by atoms with Crippen molar-refractivity contribution in [3.05, 3.63) is 17.0 Å². The number of nitrogens with zero attached hydrogens (tertiary/aromatic N) is 2. The Morgan fingerprint density at radius 3 is 2.71 bits per heavy atom. The third-order valence-corrected chi connectivity index (χ3v) is 4.56. The highest BCUT2D eigenvalue weighted by Crippen LogP contribution is 2.29. The van der Waals surface area contributed by atoms with E-state index in [0.29, 0.717) is 6.42 Å². The highest BCUT2D eigenvalue weighted by molar-refractivity contribution is 5.79. The van der Waals surface area contributed by atoms with Crippen LogP contribution >= 0.6 is 0 Å². The number of aromatic nitrogens is 2. The van der Waals surface area contributed by atoms with Crippen LogP contribution in [0.25, 0.3) is 0 Å². The second-order valence-corrected chi connectivity index (χ2v) is 6.86. The van der Waals surface area contributed by atoms with E-state index in [1.165, 1.54) is 0 Å². The predicted molar refractivity (Wildman–Crippen MR) is 82.0 cm³/mol. The summed E-state index contributed by atoms with van der Waals surface area (Å²) < 4.78 is 0. The molecule has 5 nitrogen and oxygen atoms in total. The van der Waals surface area contributed by atoms with Gasteiger partial charge in [-0.05, 0) is 52.5 Å². The summed E-state index contributed by atoms with van der Waals surface area (Å²) in [6, 6.07) is -0.0704. The van der Waals surface area contributed by atoms with Crippen LogP contribution in [0.4, 0.5) is 0 Å².